The van der Waals surface area contributed by atoms with Crippen LogP contribution < -0.4 is 10.6 Å². The van der Waals surface area contributed by atoms with Gasteiger partial charge in [-0.25, -0.2) is 0 Å². The van der Waals surface area contributed by atoms with Crippen LogP contribution in [0.3, 0.4) is 0 Å². The zero-order valence-electron chi connectivity index (χ0n) is 27.2. The minimum Gasteiger partial charge on any atom is -0.456 e. The number of likely N-dealkylation sites (tertiary alicyclic amines) is 1. The van der Waals surface area contributed by atoms with Crippen LogP contribution in [0.1, 0.15) is 66.2 Å². The van der Waals surface area contributed by atoms with Crippen molar-refractivity contribution in [1.82, 2.24) is 20.4 Å². The van der Waals surface area contributed by atoms with Crippen molar-refractivity contribution in [3.8, 4) is 0 Å². The summed E-state index contributed by atoms with van der Waals surface area (Å²) < 4.78 is 24.8. The topological polar surface area (TPSA) is 142 Å². The van der Waals surface area contributed by atoms with Crippen molar-refractivity contribution in [3.63, 3.8) is 0 Å². The first-order chi connectivity index (χ1) is 20.3. The van der Waals surface area contributed by atoms with E-state index in [0.717, 1.165) is 12.8 Å². The number of ether oxygens (including phenoxy) is 4. The van der Waals surface area contributed by atoms with Crippen molar-refractivity contribution in [1.29, 1.82) is 0 Å². The molecule has 3 saturated heterocycles. The molecule has 12 heteroatoms. The van der Waals surface area contributed by atoms with E-state index in [2.05, 4.69) is 17.6 Å². The van der Waals surface area contributed by atoms with E-state index in [1.54, 1.807) is 14.0 Å². The van der Waals surface area contributed by atoms with Gasteiger partial charge in [-0.1, -0.05) is 13.8 Å². The van der Waals surface area contributed by atoms with Gasteiger partial charge in [0.15, 0.2) is 6.29 Å². The van der Waals surface area contributed by atoms with Crippen LogP contribution in [0.5, 0.6) is 0 Å². The minimum atomic E-state index is -0.962. The number of Topliss-reactive ketones (excluding diaryl/α,β-unsaturated/α-hetero) is 1. The van der Waals surface area contributed by atoms with Crippen molar-refractivity contribution in [2.75, 3.05) is 53.9 Å². The van der Waals surface area contributed by atoms with Crippen molar-refractivity contribution < 1.29 is 38.7 Å². The number of aliphatic hydroxyl groups is 2. The summed E-state index contributed by atoms with van der Waals surface area (Å²) in [5.41, 5.74) is -1.75. The first kappa shape index (κ1) is 34.6. The number of carbonyl (C=O) groups is 2. The van der Waals surface area contributed by atoms with Crippen molar-refractivity contribution in [2.24, 2.45) is 11.8 Å². The summed E-state index contributed by atoms with van der Waals surface area (Å²) in [4.78, 5) is 30.9. The Labute approximate surface area is 257 Å². The molecule has 43 heavy (non-hydrogen) atoms. The number of hydrogen-bond donors (Lipinski definition) is 4. The minimum absolute atomic E-state index is 0.114. The van der Waals surface area contributed by atoms with E-state index >= 15 is 0 Å². The highest BCUT2D eigenvalue weighted by Gasteiger charge is 2.49. The number of methoxy groups -OCH3 is 1. The Morgan fingerprint density at radius 1 is 1.23 bits per heavy atom. The Hall–Kier alpha value is -1.22. The highest BCUT2D eigenvalue weighted by molar-refractivity contribution is 5.97. The summed E-state index contributed by atoms with van der Waals surface area (Å²) in [6.45, 7) is 10.2. The van der Waals surface area contributed by atoms with Crippen LogP contribution in [-0.4, -0.2) is 140 Å². The molecule has 248 valence electrons. The van der Waals surface area contributed by atoms with Crippen molar-refractivity contribution >= 4 is 11.8 Å². The number of rotatable bonds is 8. The van der Waals surface area contributed by atoms with Gasteiger partial charge in [-0.3, -0.25) is 14.5 Å². The molecule has 3 heterocycles. The van der Waals surface area contributed by atoms with Crippen LogP contribution in [-0.2, 0) is 28.5 Å². The average molecular weight is 613 g/mol. The molecule has 4 N–H and O–H groups in total. The van der Waals surface area contributed by atoms with Gasteiger partial charge in [-0.15, -0.1) is 0 Å². The normalized spacial score (nSPS) is 41.5. The lowest BCUT2D eigenvalue weighted by Gasteiger charge is -2.46. The van der Waals surface area contributed by atoms with Gasteiger partial charge in [-0.05, 0) is 66.1 Å². The second-order valence-corrected chi connectivity index (χ2v) is 14.1. The molecule has 0 radical (unpaired) electrons. The molecule has 4 fully saturated rings. The summed E-state index contributed by atoms with van der Waals surface area (Å²) in [5, 5.41) is 28.9. The standard InChI is InChI=1S/C31H56N4O8/c1-19-14-30(4,40-7)28(42-29-27(39)23(34(5)6)12-20(2)41-29)21(3)24(36)13-26(38)43-31(17-32-15-19)10-11-35(18-31)25(37)16-33-22-8-9-22/h19-23,25,27-29,32-33,37,39H,8-18H2,1-7H3/t19-,20-,21+,23+,25?,27-,28-,29+,30-,31?/m1/s1. The maximum atomic E-state index is 13.7. The van der Waals surface area contributed by atoms with Crippen LogP contribution in [0.25, 0.3) is 0 Å². The average Bonchev–Trinajstić information content (AvgIpc) is 3.69. The number of ketones is 1. The van der Waals surface area contributed by atoms with E-state index in [1.807, 2.05) is 37.7 Å². The third kappa shape index (κ3) is 8.74. The molecule has 0 aromatic rings. The molecule has 1 spiro atoms. The number of likely N-dealkylation sites (N-methyl/N-ethyl adjacent to an activating group) is 1. The highest BCUT2D eigenvalue weighted by atomic mass is 16.7. The monoisotopic (exact) mass is 612 g/mol. The van der Waals surface area contributed by atoms with Gasteiger partial charge >= 0.3 is 5.97 Å². The summed E-state index contributed by atoms with van der Waals surface area (Å²) in [7, 11) is 5.43. The number of aliphatic hydroxyl groups excluding tert-OH is 2. The molecule has 10 atom stereocenters. The van der Waals surface area contributed by atoms with E-state index in [0.29, 0.717) is 58.0 Å². The Morgan fingerprint density at radius 3 is 2.60 bits per heavy atom. The summed E-state index contributed by atoms with van der Waals surface area (Å²) in [6.07, 6.45) is 0.141. The highest BCUT2D eigenvalue weighted by Crippen LogP contribution is 2.36. The molecule has 1 saturated carbocycles. The number of hydrogen-bond acceptors (Lipinski definition) is 12. The summed E-state index contributed by atoms with van der Waals surface area (Å²) >= 11 is 0. The Morgan fingerprint density at radius 2 is 1.95 bits per heavy atom. The number of carbonyl (C=O) groups excluding carboxylic acids is 2. The van der Waals surface area contributed by atoms with Gasteiger partial charge in [0.2, 0.25) is 0 Å². The predicted octanol–water partition coefficient (Wildman–Crippen LogP) is 0.486. The lowest BCUT2D eigenvalue weighted by molar-refractivity contribution is -0.295. The van der Waals surface area contributed by atoms with Gasteiger partial charge in [-0.2, -0.15) is 0 Å². The zero-order chi connectivity index (χ0) is 31.5. The van der Waals surface area contributed by atoms with E-state index in [9.17, 15) is 19.8 Å². The van der Waals surface area contributed by atoms with Gasteiger partial charge < -0.3 is 44.7 Å². The van der Waals surface area contributed by atoms with Gasteiger partial charge in [0.1, 0.15) is 30.1 Å². The van der Waals surface area contributed by atoms with Gasteiger partial charge in [0, 0.05) is 57.7 Å². The Balaban J connectivity index is 1.52. The number of nitrogens with one attached hydrogen (secondary N) is 2. The molecular formula is C31H56N4O8. The van der Waals surface area contributed by atoms with Crippen molar-refractivity contribution in [3.05, 3.63) is 0 Å². The van der Waals surface area contributed by atoms with Crippen LogP contribution in [0.15, 0.2) is 0 Å². The molecular weight excluding hydrogens is 556 g/mol. The maximum Gasteiger partial charge on any atom is 0.313 e. The molecule has 1 aliphatic carbocycles. The van der Waals surface area contributed by atoms with Gasteiger partial charge in [0.25, 0.3) is 0 Å². The first-order valence-corrected chi connectivity index (χ1v) is 16.1. The quantitative estimate of drug-likeness (QED) is 0.224. The number of esters is 1. The maximum absolute atomic E-state index is 13.7. The fourth-order valence-electron chi connectivity index (χ4n) is 7.05. The SMILES string of the molecule is CO[C@]1(C)C[C@@H](C)CNCC2(CCN(C(O)CNC3CC3)C2)OC(=O)CC(=O)[C@H](C)[C@H]1O[C@@H]1O[C@H](C)C[C@H](N(C)C)[C@H]1O. The third-order valence-corrected chi connectivity index (χ3v) is 9.86. The van der Waals surface area contributed by atoms with E-state index in [-0.39, 0.29) is 23.8 Å². The first-order valence-electron chi connectivity index (χ1n) is 16.1. The van der Waals surface area contributed by atoms with E-state index in [4.69, 9.17) is 18.9 Å². The van der Waals surface area contributed by atoms with E-state index < -0.39 is 54.2 Å². The summed E-state index contributed by atoms with van der Waals surface area (Å²) in [6, 6.07) is 0.313. The van der Waals surface area contributed by atoms with Crippen LogP contribution >= 0.6 is 0 Å². The third-order valence-electron chi connectivity index (χ3n) is 9.86. The molecule has 4 aliphatic rings. The van der Waals surface area contributed by atoms with Gasteiger partial charge in [0.05, 0.1) is 17.8 Å². The lowest BCUT2D eigenvalue weighted by Crippen LogP contribution is -2.58. The lowest BCUT2D eigenvalue weighted by atomic mass is 9.80. The number of nitrogens with zero attached hydrogens (tertiary/aromatic N) is 2. The second-order valence-electron chi connectivity index (χ2n) is 14.1. The molecule has 0 amide bonds. The van der Waals surface area contributed by atoms with Crippen LogP contribution in [0.2, 0.25) is 0 Å². The predicted molar refractivity (Wildman–Crippen MR) is 160 cm³/mol. The fraction of sp³-hybridized carbons (Fsp3) is 0.935. The second kappa shape index (κ2) is 14.5. The smallest absolute Gasteiger partial charge is 0.313 e. The molecule has 3 aliphatic heterocycles. The summed E-state index contributed by atoms with van der Waals surface area (Å²) in [5.74, 6) is -1.54. The molecule has 0 aromatic heterocycles. The van der Waals surface area contributed by atoms with Crippen LogP contribution in [0.4, 0.5) is 0 Å². The Kier molecular flexibility index (Phi) is 11.7. The molecule has 0 bridgehead atoms. The largest absolute Gasteiger partial charge is 0.456 e. The molecule has 0 aromatic carbocycles. The Bertz CT molecular complexity index is 953. The molecule has 4 rings (SSSR count). The fourth-order valence-corrected chi connectivity index (χ4v) is 7.05. The van der Waals surface area contributed by atoms with E-state index in [1.165, 1.54) is 0 Å². The molecule has 12 nitrogen and oxygen atoms in total. The van der Waals surface area contributed by atoms with Crippen molar-refractivity contribution in [2.45, 2.75) is 120 Å². The molecule has 2 unspecified atom stereocenters. The zero-order valence-corrected chi connectivity index (χ0v) is 27.2. The van der Waals surface area contributed by atoms with Crippen LogP contribution in [0, 0.1) is 11.8 Å².